The predicted molar refractivity (Wildman–Crippen MR) is 80.1 cm³/mol. The van der Waals surface area contributed by atoms with Crippen molar-refractivity contribution in [2.24, 2.45) is 11.8 Å². The Morgan fingerprint density at radius 3 is 2.81 bits per heavy atom. The topological polar surface area (TPSA) is 52.6 Å². The van der Waals surface area contributed by atoms with Crippen molar-refractivity contribution in [1.29, 1.82) is 0 Å². The van der Waals surface area contributed by atoms with E-state index in [-0.39, 0.29) is 29.5 Å². The molecule has 3 atom stereocenters. The van der Waals surface area contributed by atoms with Crippen LogP contribution in [0.25, 0.3) is 0 Å². The quantitative estimate of drug-likeness (QED) is 0.769. The van der Waals surface area contributed by atoms with Crippen LogP contribution in [0.1, 0.15) is 18.4 Å². The monoisotopic (exact) mass is 350 g/mol. The number of esters is 1. The van der Waals surface area contributed by atoms with Crippen molar-refractivity contribution in [2.75, 3.05) is 13.7 Å². The largest absolute Gasteiger partial charge is 0.493 e. The van der Waals surface area contributed by atoms with Crippen molar-refractivity contribution in [3.05, 3.63) is 39.9 Å². The van der Waals surface area contributed by atoms with E-state index in [1.807, 2.05) is 18.2 Å². The van der Waals surface area contributed by atoms with Gasteiger partial charge in [0.05, 0.1) is 13.7 Å². The normalized spacial score (nSPS) is 26.2. The van der Waals surface area contributed by atoms with Gasteiger partial charge in [0.15, 0.2) is 0 Å². The fraction of sp³-hybridized carbons (Fsp3) is 0.375. The average Bonchev–Trinajstić information content (AvgIpc) is 2.86. The highest BCUT2D eigenvalue weighted by atomic mass is 79.9. The van der Waals surface area contributed by atoms with Crippen LogP contribution in [-0.4, -0.2) is 25.5 Å². The van der Waals surface area contributed by atoms with Crippen LogP contribution in [0.5, 0.6) is 5.75 Å². The molecule has 1 aliphatic heterocycles. The lowest BCUT2D eigenvalue weighted by atomic mass is 9.78. The SMILES string of the molecule is COC(=O)C1=C[C@H](C(C)=O)[C@H]2c3cc(Br)ccc3OC[C@@H]12. The Morgan fingerprint density at radius 2 is 2.14 bits per heavy atom. The molecule has 0 saturated carbocycles. The van der Waals surface area contributed by atoms with Crippen LogP contribution < -0.4 is 4.74 Å². The smallest absolute Gasteiger partial charge is 0.333 e. The number of hydrogen-bond acceptors (Lipinski definition) is 4. The molecular formula is C16H15BrO4. The maximum atomic E-state index is 12.0. The molecule has 0 N–H and O–H groups in total. The lowest BCUT2D eigenvalue weighted by Crippen LogP contribution is -2.30. The molecule has 0 bridgehead atoms. The zero-order valence-electron chi connectivity index (χ0n) is 11.8. The molecule has 0 spiro atoms. The van der Waals surface area contributed by atoms with Crippen molar-refractivity contribution in [2.45, 2.75) is 12.8 Å². The number of ether oxygens (including phenoxy) is 2. The number of rotatable bonds is 2. The molecule has 1 aliphatic carbocycles. The van der Waals surface area contributed by atoms with Gasteiger partial charge in [0, 0.05) is 33.4 Å². The van der Waals surface area contributed by atoms with E-state index in [2.05, 4.69) is 15.9 Å². The second-order valence-electron chi connectivity index (χ2n) is 5.38. The molecule has 0 amide bonds. The van der Waals surface area contributed by atoms with Crippen molar-refractivity contribution < 1.29 is 19.1 Å². The summed E-state index contributed by atoms with van der Waals surface area (Å²) in [5, 5.41) is 0. The van der Waals surface area contributed by atoms with Gasteiger partial charge in [-0.05, 0) is 25.1 Å². The first kappa shape index (κ1) is 14.3. The summed E-state index contributed by atoms with van der Waals surface area (Å²) in [4.78, 5) is 24.0. The van der Waals surface area contributed by atoms with E-state index in [0.717, 1.165) is 15.8 Å². The van der Waals surface area contributed by atoms with E-state index in [0.29, 0.717) is 12.2 Å². The molecule has 4 nitrogen and oxygen atoms in total. The van der Waals surface area contributed by atoms with Gasteiger partial charge in [-0.2, -0.15) is 0 Å². The van der Waals surface area contributed by atoms with Gasteiger partial charge >= 0.3 is 5.97 Å². The Morgan fingerprint density at radius 1 is 1.38 bits per heavy atom. The fourth-order valence-corrected chi connectivity index (χ4v) is 3.65. The van der Waals surface area contributed by atoms with Crippen LogP contribution >= 0.6 is 15.9 Å². The second kappa shape index (κ2) is 5.30. The standard InChI is InChI=1S/C16H15BrO4/c1-8(18)10-6-11(16(19)20-2)13-7-21-14-4-3-9(17)5-12(14)15(10)13/h3-6,10,13,15H,7H2,1-2H3/t10-,13+,15+/m1/s1. The molecule has 0 aromatic heterocycles. The zero-order chi connectivity index (χ0) is 15.1. The summed E-state index contributed by atoms with van der Waals surface area (Å²) in [5.74, 6) is -0.0372. The van der Waals surface area contributed by atoms with Crippen LogP contribution in [0.3, 0.4) is 0 Å². The van der Waals surface area contributed by atoms with Gasteiger partial charge in [-0.3, -0.25) is 4.79 Å². The molecule has 5 heteroatoms. The average molecular weight is 351 g/mol. The first-order chi connectivity index (χ1) is 10.0. The summed E-state index contributed by atoms with van der Waals surface area (Å²) in [5.41, 5.74) is 1.52. The van der Waals surface area contributed by atoms with Crippen LogP contribution in [0, 0.1) is 11.8 Å². The number of benzene rings is 1. The molecular weight excluding hydrogens is 336 g/mol. The van der Waals surface area contributed by atoms with E-state index in [4.69, 9.17) is 9.47 Å². The summed E-state index contributed by atoms with van der Waals surface area (Å²) in [6.45, 7) is 1.95. The molecule has 1 aromatic rings. The van der Waals surface area contributed by atoms with Crippen molar-refractivity contribution in [1.82, 2.24) is 0 Å². The van der Waals surface area contributed by atoms with Crippen LogP contribution in [0.4, 0.5) is 0 Å². The highest BCUT2D eigenvalue weighted by Gasteiger charge is 2.46. The maximum absolute atomic E-state index is 12.0. The molecule has 3 rings (SSSR count). The van der Waals surface area contributed by atoms with E-state index in [1.165, 1.54) is 7.11 Å². The Balaban J connectivity index is 2.09. The van der Waals surface area contributed by atoms with E-state index < -0.39 is 0 Å². The van der Waals surface area contributed by atoms with Gasteiger partial charge in [0.2, 0.25) is 0 Å². The minimum absolute atomic E-state index is 0.0525. The Bertz CT molecular complexity index is 650. The lowest BCUT2D eigenvalue weighted by Gasteiger charge is -2.32. The molecule has 110 valence electrons. The highest BCUT2D eigenvalue weighted by molar-refractivity contribution is 9.10. The molecule has 0 unspecified atom stereocenters. The highest BCUT2D eigenvalue weighted by Crippen LogP contribution is 2.50. The number of hydrogen-bond donors (Lipinski definition) is 0. The second-order valence-corrected chi connectivity index (χ2v) is 6.29. The molecule has 0 saturated heterocycles. The van der Waals surface area contributed by atoms with Gasteiger partial charge in [-0.25, -0.2) is 4.79 Å². The molecule has 1 heterocycles. The van der Waals surface area contributed by atoms with Crippen LogP contribution in [0.15, 0.2) is 34.3 Å². The number of carbonyl (C=O) groups is 2. The van der Waals surface area contributed by atoms with Crippen molar-refractivity contribution in [3.63, 3.8) is 0 Å². The third-order valence-corrected chi connectivity index (χ3v) is 4.71. The van der Waals surface area contributed by atoms with Gasteiger partial charge in [-0.15, -0.1) is 0 Å². The number of ketones is 1. The van der Waals surface area contributed by atoms with Crippen molar-refractivity contribution >= 4 is 27.7 Å². The molecule has 0 fully saturated rings. The fourth-order valence-electron chi connectivity index (χ4n) is 3.27. The van der Waals surface area contributed by atoms with E-state index in [1.54, 1.807) is 13.0 Å². The first-order valence-electron chi connectivity index (χ1n) is 6.75. The molecule has 1 aromatic carbocycles. The third-order valence-electron chi connectivity index (χ3n) is 4.22. The molecule has 2 aliphatic rings. The molecule has 0 radical (unpaired) electrons. The van der Waals surface area contributed by atoms with Gasteiger partial charge in [-0.1, -0.05) is 22.0 Å². The predicted octanol–water partition coefficient (Wildman–Crippen LogP) is 2.86. The number of allylic oxidation sites excluding steroid dienone is 1. The summed E-state index contributed by atoms with van der Waals surface area (Å²) >= 11 is 3.45. The lowest BCUT2D eigenvalue weighted by molar-refractivity contribution is -0.137. The zero-order valence-corrected chi connectivity index (χ0v) is 13.3. The van der Waals surface area contributed by atoms with E-state index >= 15 is 0 Å². The van der Waals surface area contributed by atoms with Crippen molar-refractivity contribution in [3.8, 4) is 5.75 Å². The summed E-state index contributed by atoms with van der Waals surface area (Å²) in [7, 11) is 1.35. The summed E-state index contributed by atoms with van der Waals surface area (Å²) in [6.07, 6.45) is 1.75. The van der Waals surface area contributed by atoms with Crippen LogP contribution in [-0.2, 0) is 14.3 Å². The maximum Gasteiger partial charge on any atom is 0.333 e. The Labute approximate surface area is 131 Å². The number of Topliss-reactive ketones (excluding diaryl/α,β-unsaturated/α-hetero) is 1. The summed E-state index contributed by atoms with van der Waals surface area (Å²) < 4.78 is 11.5. The minimum atomic E-state index is -0.379. The Kier molecular flexibility index (Phi) is 3.61. The Hall–Kier alpha value is -1.62. The minimum Gasteiger partial charge on any atom is -0.493 e. The number of methoxy groups -OCH3 is 1. The van der Waals surface area contributed by atoms with E-state index in [9.17, 15) is 9.59 Å². The number of carbonyl (C=O) groups excluding carboxylic acids is 2. The molecule has 21 heavy (non-hydrogen) atoms. The van der Waals surface area contributed by atoms with Gasteiger partial charge < -0.3 is 9.47 Å². The number of halogens is 1. The van der Waals surface area contributed by atoms with Gasteiger partial charge in [0.1, 0.15) is 11.5 Å². The van der Waals surface area contributed by atoms with Gasteiger partial charge in [0.25, 0.3) is 0 Å². The first-order valence-corrected chi connectivity index (χ1v) is 7.55. The summed E-state index contributed by atoms with van der Waals surface area (Å²) in [6, 6.07) is 5.77. The van der Waals surface area contributed by atoms with Crippen LogP contribution in [0.2, 0.25) is 0 Å². The third kappa shape index (κ3) is 2.29. The number of fused-ring (bicyclic) bond motifs is 3.